The molecule has 0 saturated heterocycles. The molecule has 7 heteroatoms. The number of hydrogen-bond acceptors (Lipinski definition) is 2. The molecule has 3 nitrogen and oxygen atoms in total. The van der Waals surface area contributed by atoms with Gasteiger partial charge in [-0.1, -0.05) is 44.5 Å². The number of alkyl halides is 3. The van der Waals surface area contributed by atoms with E-state index in [2.05, 4.69) is 20.4 Å². The maximum atomic E-state index is 12.8. The Bertz CT molecular complexity index is 625. The fourth-order valence-electron chi connectivity index (χ4n) is 1.68. The Morgan fingerprint density at radius 3 is 2.25 bits per heavy atom. The lowest BCUT2D eigenvalue weighted by Gasteiger charge is -2.20. The van der Waals surface area contributed by atoms with E-state index < -0.39 is 23.2 Å². The van der Waals surface area contributed by atoms with Crippen LogP contribution in [-0.2, 0) is 4.79 Å². The third-order valence-corrected chi connectivity index (χ3v) is 3.18. The van der Waals surface area contributed by atoms with Crippen molar-refractivity contribution in [1.29, 1.82) is 0 Å². The van der Waals surface area contributed by atoms with Gasteiger partial charge in [-0.25, -0.2) is 0 Å². The number of nitrogens with zero attached hydrogens (tertiary/aromatic N) is 1. The maximum Gasteiger partial charge on any atom is 0.416 e. The lowest BCUT2D eigenvalue weighted by atomic mass is 10.1. The molecule has 0 unspecified atom stereocenters. The minimum absolute atomic E-state index is 0.0777. The van der Waals surface area contributed by atoms with E-state index in [9.17, 15) is 23.1 Å². The van der Waals surface area contributed by atoms with Gasteiger partial charge < -0.3 is 10.0 Å². The molecule has 24 heavy (non-hydrogen) atoms. The number of likely N-dealkylation sites (N-methyl/N-ethyl adjacent to an activating group) is 1. The van der Waals surface area contributed by atoms with Crippen LogP contribution in [0.15, 0.2) is 42.0 Å². The van der Waals surface area contributed by atoms with Gasteiger partial charge in [0.05, 0.1) is 10.6 Å². The molecule has 134 valence electrons. The summed E-state index contributed by atoms with van der Waals surface area (Å²) in [5, 5.41) is 9.55. The smallest absolute Gasteiger partial charge is 0.416 e. The van der Waals surface area contributed by atoms with Crippen molar-refractivity contribution in [3.05, 3.63) is 47.0 Å². The van der Waals surface area contributed by atoms with Crippen molar-refractivity contribution in [3.63, 3.8) is 0 Å². The number of amides is 1. The lowest BCUT2D eigenvalue weighted by Crippen LogP contribution is -2.29. The molecule has 0 heterocycles. The second-order valence-electron chi connectivity index (χ2n) is 4.95. The third kappa shape index (κ3) is 5.92. The minimum Gasteiger partial charge on any atom is -0.506 e. The molecule has 0 spiro atoms. The number of benzene rings is 1. The molecule has 1 aromatic carbocycles. The predicted molar refractivity (Wildman–Crippen MR) is 91.4 cm³/mol. The number of aromatic hydroxyl groups is 1. The van der Waals surface area contributed by atoms with E-state index in [1.165, 1.54) is 31.7 Å². The quantitative estimate of drug-likeness (QED) is 0.569. The van der Waals surface area contributed by atoms with Crippen molar-refractivity contribution in [2.75, 3.05) is 11.9 Å². The van der Waals surface area contributed by atoms with Crippen LogP contribution in [0.5, 0.6) is 5.75 Å². The van der Waals surface area contributed by atoms with Crippen LogP contribution in [0.1, 0.15) is 27.2 Å². The van der Waals surface area contributed by atoms with Crippen LogP contribution >= 0.6 is 11.6 Å². The van der Waals surface area contributed by atoms with Crippen LogP contribution in [0.4, 0.5) is 18.9 Å². The van der Waals surface area contributed by atoms with Gasteiger partial charge in [0, 0.05) is 24.4 Å². The minimum atomic E-state index is -4.66. The molecule has 0 aliphatic rings. The van der Waals surface area contributed by atoms with E-state index >= 15 is 0 Å². The van der Waals surface area contributed by atoms with Crippen LogP contribution in [0.2, 0.25) is 5.02 Å². The van der Waals surface area contributed by atoms with Crippen LogP contribution in [-0.4, -0.2) is 24.2 Å². The van der Waals surface area contributed by atoms with E-state index in [1.54, 1.807) is 0 Å². The number of halogens is 4. The van der Waals surface area contributed by atoms with Gasteiger partial charge in [-0.3, -0.25) is 4.79 Å². The first-order valence-corrected chi connectivity index (χ1v) is 7.56. The van der Waals surface area contributed by atoms with Gasteiger partial charge >= 0.3 is 6.18 Å². The Morgan fingerprint density at radius 2 is 1.88 bits per heavy atom. The van der Waals surface area contributed by atoms with E-state index in [4.69, 9.17) is 11.6 Å². The highest BCUT2D eigenvalue weighted by atomic mass is 35.5. The topological polar surface area (TPSA) is 40.5 Å². The molecule has 0 radical (unpaired) electrons. The first kappa shape index (κ1) is 22.1. The Morgan fingerprint density at radius 1 is 1.38 bits per heavy atom. The summed E-state index contributed by atoms with van der Waals surface area (Å²) in [5.74, 6) is -1.13. The summed E-state index contributed by atoms with van der Waals surface area (Å²) >= 11 is 5.64. The van der Waals surface area contributed by atoms with Crippen molar-refractivity contribution in [1.82, 2.24) is 0 Å². The van der Waals surface area contributed by atoms with Crippen molar-refractivity contribution < 1.29 is 23.1 Å². The Hall–Kier alpha value is -1.95. The Kier molecular flexibility index (Phi) is 8.61. The van der Waals surface area contributed by atoms with Crippen LogP contribution in [0.25, 0.3) is 0 Å². The average Bonchev–Trinajstić information content (AvgIpc) is 2.48. The number of rotatable bonds is 3. The second kappa shape index (κ2) is 9.37. The number of phenols is 1. The van der Waals surface area contributed by atoms with Gasteiger partial charge in [0.1, 0.15) is 5.75 Å². The molecule has 1 rings (SSSR count). The van der Waals surface area contributed by atoms with Crippen molar-refractivity contribution >= 4 is 23.2 Å². The van der Waals surface area contributed by atoms with Gasteiger partial charge in [-0.2, -0.15) is 13.2 Å². The van der Waals surface area contributed by atoms with Gasteiger partial charge in [-0.05, 0) is 19.1 Å². The highest BCUT2D eigenvalue weighted by Crippen LogP contribution is 2.31. The predicted octanol–water partition coefficient (Wildman–Crippen LogP) is 5.49. The number of carbonyl (C=O) groups excluding carboxylic acids is 1. The molecule has 0 atom stereocenters. The van der Waals surface area contributed by atoms with Crippen molar-refractivity contribution in [2.45, 2.75) is 33.4 Å². The Labute approximate surface area is 145 Å². The summed E-state index contributed by atoms with van der Waals surface area (Å²) in [6.07, 6.45) is -2.81. The van der Waals surface area contributed by atoms with E-state index in [1.807, 2.05) is 0 Å². The van der Waals surface area contributed by atoms with Gasteiger partial charge in [-0.15, -0.1) is 0 Å². The number of allylic oxidation sites excluding steroid dienone is 2. The summed E-state index contributed by atoms with van der Waals surface area (Å²) < 4.78 is 38.3. The fourth-order valence-corrected chi connectivity index (χ4v) is 1.79. The maximum absolute atomic E-state index is 12.8. The standard InChI is InChI=1S/C14H13ClF3NO2.C3H8/c1-4-10(14(16,17)18)8(2)13(21)19(3)9-5-6-11(15)12(20)7-9;1-3-2/h4-7,20H,1H2,2-3H3;3H2,1-2H3/b10-8+;. The van der Waals surface area contributed by atoms with Crippen molar-refractivity contribution in [2.24, 2.45) is 0 Å². The summed E-state index contributed by atoms with van der Waals surface area (Å²) in [4.78, 5) is 13.1. The highest BCUT2D eigenvalue weighted by molar-refractivity contribution is 6.32. The zero-order valence-corrected chi connectivity index (χ0v) is 14.8. The summed E-state index contributed by atoms with van der Waals surface area (Å²) in [6.45, 7) is 8.40. The third-order valence-electron chi connectivity index (χ3n) is 2.86. The zero-order valence-electron chi connectivity index (χ0n) is 14.0. The molecule has 0 bridgehead atoms. The monoisotopic (exact) mass is 363 g/mol. The molecule has 1 N–H and O–H groups in total. The van der Waals surface area contributed by atoms with E-state index in [0.717, 1.165) is 11.8 Å². The second-order valence-corrected chi connectivity index (χ2v) is 5.35. The van der Waals surface area contributed by atoms with Crippen molar-refractivity contribution in [3.8, 4) is 5.75 Å². The molecule has 0 aliphatic heterocycles. The molecule has 0 aromatic heterocycles. The largest absolute Gasteiger partial charge is 0.506 e. The molecule has 1 amide bonds. The van der Waals surface area contributed by atoms with Gasteiger partial charge in [0.25, 0.3) is 5.91 Å². The normalized spacial score (nSPS) is 11.8. The van der Waals surface area contributed by atoms with E-state index in [0.29, 0.717) is 6.08 Å². The van der Waals surface area contributed by atoms with Crippen LogP contribution < -0.4 is 4.90 Å². The molecule has 0 fully saturated rings. The number of hydrogen-bond donors (Lipinski definition) is 1. The molecule has 0 saturated carbocycles. The SMILES string of the molecule is C=C/C(=C(/C)C(=O)N(C)c1ccc(Cl)c(O)c1)C(F)(F)F.CCC. The van der Waals surface area contributed by atoms with Crippen LogP contribution in [0, 0.1) is 0 Å². The fraction of sp³-hybridized carbons (Fsp3) is 0.353. The van der Waals surface area contributed by atoms with E-state index in [-0.39, 0.29) is 16.5 Å². The Balaban J connectivity index is 0.00000163. The number of carbonyl (C=O) groups is 1. The summed E-state index contributed by atoms with van der Waals surface area (Å²) in [5.41, 5.74) is -1.38. The number of anilines is 1. The molecular weight excluding hydrogens is 343 g/mol. The summed E-state index contributed by atoms with van der Waals surface area (Å²) in [6, 6.07) is 3.94. The number of phenolic OH excluding ortho intramolecular Hbond substituents is 1. The molecule has 0 aliphatic carbocycles. The summed E-state index contributed by atoms with van der Waals surface area (Å²) in [7, 11) is 1.30. The molecular formula is C17H21ClF3NO2. The van der Waals surface area contributed by atoms with Gasteiger partial charge in [0.15, 0.2) is 0 Å². The first-order chi connectivity index (χ1) is 11.0. The molecule has 1 aromatic rings. The highest BCUT2D eigenvalue weighted by Gasteiger charge is 2.35. The first-order valence-electron chi connectivity index (χ1n) is 7.18. The zero-order chi connectivity index (χ0) is 19.1. The lowest BCUT2D eigenvalue weighted by molar-refractivity contribution is -0.116. The average molecular weight is 364 g/mol. The van der Waals surface area contributed by atoms with Crippen LogP contribution in [0.3, 0.4) is 0 Å². The van der Waals surface area contributed by atoms with Gasteiger partial charge in [0.2, 0.25) is 0 Å².